The van der Waals surface area contributed by atoms with Gasteiger partial charge < -0.3 is 4.74 Å². The molecule has 4 heteroatoms. The first-order chi connectivity index (χ1) is 10.7. The second kappa shape index (κ2) is 6.61. The molecule has 2 aliphatic rings. The van der Waals surface area contributed by atoms with Crippen molar-refractivity contribution in [2.24, 2.45) is 5.92 Å². The van der Waals surface area contributed by atoms with Crippen molar-refractivity contribution in [3.05, 3.63) is 35.4 Å². The van der Waals surface area contributed by atoms with Gasteiger partial charge in [-0.1, -0.05) is 31.4 Å². The number of methoxy groups -OCH3 is 1. The minimum atomic E-state index is -0.132. The Hall–Kier alpha value is -1.68. The average Bonchev–Trinajstić information content (AvgIpc) is 2.82. The molecule has 0 bridgehead atoms. The number of imide groups is 1. The highest BCUT2D eigenvalue weighted by molar-refractivity contribution is 6.21. The highest BCUT2D eigenvalue weighted by Crippen LogP contribution is 2.34. The summed E-state index contributed by atoms with van der Waals surface area (Å²) in [7, 11) is 1.67. The Kier molecular flexibility index (Phi) is 4.57. The third-order valence-corrected chi connectivity index (χ3v) is 4.97. The molecule has 1 heterocycles. The molecular weight excluding hydrogens is 278 g/mol. The Labute approximate surface area is 131 Å². The van der Waals surface area contributed by atoms with E-state index in [1.54, 1.807) is 19.2 Å². The lowest BCUT2D eigenvalue weighted by molar-refractivity contribution is 0.0438. The number of carbonyl (C=O) groups is 2. The van der Waals surface area contributed by atoms with E-state index < -0.39 is 0 Å². The second-order valence-corrected chi connectivity index (χ2v) is 6.27. The van der Waals surface area contributed by atoms with Gasteiger partial charge in [0.15, 0.2) is 0 Å². The van der Waals surface area contributed by atoms with Gasteiger partial charge in [0.25, 0.3) is 11.8 Å². The molecule has 1 aliphatic carbocycles. The minimum Gasteiger partial charge on any atom is -0.385 e. The molecule has 1 aromatic carbocycles. The molecule has 0 radical (unpaired) electrons. The van der Waals surface area contributed by atoms with E-state index in [2.05, 4.69) is 0 Å². The normalized spacial score (nSPS) is 20.3. The number of carbonyl (C=O) groups excluding carboxylic acids is 2. The molecule has 1 saturated carbocycles. The van der Waals surface area contributed by atoms with Crippen LogP contribution in [-0.2, 0) is 4.74 Å². The van der Waals surface area contributed by atoms with Gasteiger partial charge in [-0.2, -0.15) is 0 Å². The van der Waals surface area contributed by atoms with Crippen LogP contribution in [0.15, 0.2) is 24.3 Å². The Bertz CT molecular complexity index is 528. The third-order valence-electron chi connectivity index (χ3n) is 4.97. The summed E-state index contributed by atoms with van der Waals surface area (Å²) in [6.07, 6.45) is 6.57. The molecule has 3 rings (SSSR count). The van der Waals surface area contributed by atoms with Crippen molar-refractivity contribution >= 4 is 11.8 Å². The number of fused-ring (bicyclic) bond motifs is 1. The highest BCUT2D eigenvalue weighted by atomic mass is 16.5. The van der Waals surface area contributed by atoms with E-state index in [1.807, 2.05) is 12.1 Å². The number of benzene rings is 1. The van der Waals surface area contributed by atoms with Gasteiger partial charge in [-0.15, -0.1) is 0 Å². The average molecular weight is 301 g/mol. The van der Waals surface area contributed by atoms with Crippen LogP contribution in [0.4, 0.5) is 0 Å². The molecule has 1 fully saturated rings. The lowest BCUT2D eigenvalue weighted by atomic mass is 9.82. The summed E-state index contributed by atoms with van der Waals surface area (Å²) in [6.45, 7) is 0.578. The predicted molar refractivity (Wildman–Crippen MR) is 83.8 cm³/mol. The predicted octanol–water partition coefficient (Wildman–Crippen LogP) is 3.27. The van der Waals surface area contributed by atoms with Crippen molar-refractivity contribution in [1.82, 2.24) is 4.90 Å². The molecule has 0 saturated heterocycles. The number of rotatable bonds is 5. The Morgan fingerprint density at radius 3 is 2.23 bits per heavy atom. The summed E-state index contributed by atoms with van der Waals surface area (Å²) in [4.78, 5) is 27.0. The maximum atomic E-state index is 12.7. The van der Waals surface area contributed by atoms with E-state index in [0.717, 1.165) is 19.3 Å². The summed E-state index contributed by atoms with van der Waals surface area (Å²) in [5.74, 6) is 0.144. The summed E-state index contributed by atoms with van der Waals surface area (Å²) in [5, 5.41) is 0. The van der Waals surface area contributed by atoms with Crippen molar-refractivity contribution in [3.63, 3.8) is 0 Å². The maximum absolute atomic E-state index is 12.7. The molecule has 1 unspecified atom stereocenters. The van der Waals surface area contributed by atoms with E-state index >= 15 is 0 Å². The highest BCUT2D eigenvalue weighted by Gasteiger charge is 2.42. The minimum absolute atomic E-state index is 0.0346. The lowest BCUT2D eigenvalue weighted by Gasteiger charge is -2.35. The topological polar surface area (TPSA) is 46.6 Å². The maximum Gasteiger partial charge on any atom is 0.261 e. The molecule has 22 heavy (non-hydrogen) atoms. The van der Waals surface area contributed by atoms with E-state index in [4.69, 9.17) is 4.74 Å². The van der Waals surface area contributed by atoms with Crippen molar-refractivity contribution in [2.75, 3.05) is 13.7 Å². The number of hydrogen-bond donors (Lipinski definition) is 0. The van der Waals surface area contributed by atoms with Gasteiger partial charge >= 0.3 is 0 Å². The quantitative estimate of drug-likeness (QED) is 0.784. The second-order valence-electron chi connectivity index (χ2n) is 6.27. The van der Waals surface area contributed by atoms with Crippen molar-refractivity contribution < 1.29 is 14.3 Å². The van der Waals surface area contributed by atoms with Crippen LogP contribution in [0, 0.1) is 5.92 Å². The van der Waals surface area contributed by atoms with Crippen molar-refractivity contribution in [2.45, 2.75) is 44.6 Å². The smallest absolute Gasteiger partial charge is 0.261 e. The van der Waals surface area contributed by atoms with Gasteiger partial charge in [0.2, 0.25) is 0 Å². The Balaban J connectivity index is 1.88. The first-order valence-electron chi connectivity index (χ1n) is 8.20. The third kappa shape index (κ3) is 2.68. The molecule has 0 aromatic heterocycles. The van der Waals surface area contributed by atoms with Gasteiger partial charge in [-0.3, -0.25) is 14.5 Å². The first kappa shape index (κ1) is 15.2. The Morgan fingerprint density at radius 2 is 1.68 bits per heavy atom. The zero-order chi connectivity index (χ0) is 15.5. The molecule has 1 aliphatic heterocycles. The summed E-state index contributed by atoms with van der Waals surface area (Å²) in [5.41, 5.74) is 1.09. The number of nitrogens with zero attached hydrogens (tertiary/aromatic N) is 1. The fourth-order valence-corrected chi connectivity index (χ4v) is 3.84. The van der Waals surface area contributed by atoms with Gasteiger partial charge in [0.1, 0.15) is 0 Å². The van der Waals surface area contributed by atoms with E-state index in [-0.39, 0.29) is 17.9 Å². The molecule has 1 atom stereocenters. The molecule has 2 amide bonds. The van der Waals surface area contributed by atoms with Gasteiger partial charge in [0, 0.05) is 19.8 Å². The fourth-order valence-electron chi connectivity index (χ4n) is 3.84. The van der Waals surface area contributed by atoms with Crippen molar-refractivity contribution in [3.8, 4) is 0 Å². The van der Waals surface area contributed by atoms with Crippen LogP contribution in [0.25, 0.3) is 0 Å². The van der Waals surface area contributed by atoms with Crippen LogP contribution in [0.5, 0.6) is 0 Å². The van der Waals surface area contributed by atoms with E-state index in [0.29, 0.717) is 23.7 Å². The molecule has 1 aromatic rings. The number of ether oxygens (including phenoxy) is 1. The van der Waals surface area contributed by atoms with Gasteiger partial charge in [-0.05, 0) is 37.3 Å². The molecular formula is C18H23NO3. The summed E-state index contributed by atoms with van der Waals surface area (Å²) >= 11 is 0. The van der Waals surface area contributed by atoms with E-state index in [9.17, 15) is 9.59 Å². The van der Waals surface area contributed by atoms with Crippen LogP contribution in [0.1, 0.15) is 59.2 Å². The molecule has 118 valence electrons. The zero-order valence-corrected chi connectivity index (χ0v) is 13.1. The Morgan fingerprint density at radius 1 is 1.09 bits per heavy atom. The van der Waals surface area contributed by atoms with Crippen LogP contribution in [-0.4, -0.2) is 36.5 Å². The largest absolute Gasteiger partial charge is 0.385 e. The van der Waals surface area contributed by atoms with Gasteiger partial charge in [-0.25, -0.2) is 0 Å². The summed E-state index contributed by atoms with van der Waals surface area (Å²) in [6, 6.07) is 7.11. The standard InChI is InChI=1S/C18H23NO3/c1-22-12-11-16(13-7-3-2-4-8-13)19-17(20)14-9-5-6-10-15(14)18(19)21/h5-6,9-10,13,16H,2-4,7-8,11-12H2,1H3. The first-order valence-corrected chi connectivity index (χ1v) is 8.20. The van der Waals surface area contributed by atoms with E-state index in [1.165, 1.54) is 24.2 Å². The van der Waals surface area contributed by atoms with Crippen LogP contribution < -0.4 is 0 Å². The summed E-state index contributed by atoms with van der Waals surface area (Å²) < 4.78 is 5.22. The SMILES string of the molecule is COCCC(C1CCCCC1)N1C(=O)c2ccccc2C1=O. The molecule has 0 spiro atoms. The molecule has 4 nitrogen and oxygen atoms in total. The van der Waals surface area contributed by atoms with Gasteiger partial charge in [0.05, 0.1) is 11.1 Å². The zero-order valence-electron chi connectivity index (χ0n) is 13.1. The molecule has 0 N–H and O–H groups in total. The number of hydrogen-bond acceptors (Lipinski definition) is 3. The lowest BCUT2D eigenvalue weighted by Crippen LogP contribution is -2.45. The monoisotopic (exact) mass is 301 g/mol. The van der Waals surface area contributed by atoms with Crippen LogP contribution in [0.3, 0.4) is 0 Å². The number of amides is 2. The van der Waals surface area contributed by atoms with Crippen molar-refractivity contribution in [1.29, 1.82) is 0 Å². The van der Waals surface area contributed by atoms with Crippen LogP contribution in [0.2, 0.25) is 0 Å². The van der Waals surface area contributed by atoms with Crippen LogP contribution >= 0.6 is 0 Å². The fraction of sp³-hybridized carbons (Fsp3) is 0.556.